The number of nitrogens with zero attached hydrogens (tertiary/aromatic N) is 5. The van der Waals surface area contributed by atoms with Gasteiger partial charge in [-0.3, -0.25) is 0 Å². The summed E-state index contributed by atoms with van der Waals surface area (Å²) < 4.78 is 0. The summed E-state index contributed by atoms with van der Waals surface area (Å²) in [6, 6.07) is 85.1. The molecule has 0 bridgehead atoms. The van der Waals surface area contributed by atoms with Gasteiger partial charge >= 0.3 is 0 Å². The van der Waals surface area contributed by atoms with Gasteiger partial charge in [-0.25, -0.2) is 4.98 Å². The van der Waals surface area contributed by atoms with Crippen molar-refractivity contribution in [3.63, 3.8) is 0 Å². The Kier molecular flexibility index (Phi) is 13.6. The zero-order chi connectivity index (χ0) is 53.2. The number of para-hydroxylation sites is 4. The van der Waals surface area contributed by atoms with Crippen molar-refractivity contribution in [2.75, 3.05) is 19.6 Å². The molecule has 0 saturated heterocycles. The van der Waals surface area contributed by atoms with E-state index in [-0.39, 0.29) is 37.3 Å². The second-order valence-corrected chi connectivity index (χ2v) is 23.5. The van der Waals surface area contributed by atoms with Gasteiger partial charge in [-0.15, -0.1) is 53.8 Å². The topological polar surface area (TPSA) is 25.9 Å². The van der Waals surface area contributed by atoms with E-state index in [1.807, 2.05) is 6.20 Å². The zero-order valence-corrected chi connectivity index (χ0v) is 48.2. The Morgan fingerprint density at radius 2 is 0.962 bits per heavy atom. The molecule has 0 spiro atoms. The first-order valence-corrected chi connectivity index (χ1v) is 26.9. The first-order chi connectivity index (χ1) is 37.1. The molecule has 0 fully saturated rings. The second-order valence-electron chi connectivity index (χ2n) is 23.5. The van der Waals surface area contributed by atoms with Crippen LogP contribution in [0.25, 0.3) is 44.5 Å². The van der Waals surface area contributed by atoms with Crippen molar-refractivity contribution in [2.24, 2.45) is 0 Å². The van der Waals surface area contributed by atoms with E-state index in [0.717, 1.165) is 102 Å². The monoisotopic (exact) mass is 1190 g/mol. The molecule has 2 aliphatic rings. The van der Waals surface area contributed by atoms with Crippen LogP contribution in [0.2, 0.25) is 0 Å². The molecule has 10 aromatic rings. The maximum absolute atomic E-state index is 5.19. The molecule has 1 aromatic heterocycles. The Morgan fingerprint density at radius 3 is 1.60 bits per heavy atom. The predicted molar refractivity (Wildman–Crippen MR) is 324 cm³/mol. The van der Waals surface area contributed by atoms with E-state index in [0.29, 0.717) is 0 Å². The fraction of sp³-hybridized carbons (Fsp3) is 0.167. The molecule has 6 heteroatoms. The first kappa shape index (κ1) is 52.1. The minimum Gasteiger partial charge on any atom is -0.493 e. The Morgan fingerprint density at radius 1 is 0.410 bits per heavy atom. The normalized spacial score (nSPS) is 13.0. The summed E-state index contributed by atoms with van der Waals surface area (Å²) >= 11 is 0. The van der Waals surface area contributed by atoms with Gasteiger partial charge in [0.1, 0.15) is 5.82 Å². The van der Waals surface area contributed by atoms with Crippen LogP contribution in [-0.4, -0.2) is 4.98 Å². The van der Waals surface area contributed by atoms with Crippen LogP contribution in [0.1, 0.15) is 79.0 Å². The van der Waals surface area contributed by atoms with Crippen LogP contribution in [-0.2, 0) is 37.3 Å². The standard InChI is InChI=1S/C72H64N5.Pt/c1-70(2,3)53-34-32-50(33-35-53)51-38-39-73-69(42-51)77-65-29-19-18-28-63(65)61-26-16-17-27-62(61)64-37-36-57(47-68(64)77)76(56-24-14-11-15-25-56)60-41-52(49-22-12-10-13-23-49)40-58(46-60)74-48-75(67-31-21-20-30-66(67)74)59-44-54(71(4,5)6)43-55(45-59)72(7,8)9;/h10-45,48H,1-9H3;/q-3;. The molecular formula is C72H64N5Pt-3. The predicted octanol–water partition coefficient (Wildman–Crippen LogP) is 19.9. The minimum atomic E-state index is -0.0430. The Hall–Kier alpha value is -7.98. The van der Waals surface area contributed by atoms with Gasteiger partial charge in [-0.1, -0.05) is 218 Å². The van der Waals surface area contributed by atoms with Crippen LogP contribution in [0.5, 0.6) is 0 Å². The van der Waals surface area contributed by atoms with Gasteiger partial charge < -0.3 is 19.6 Å². The summed E-state index contributed by atoms with van der Waals surface area (Å²) in [7, 11) is 0. The molecule has 12 rings (SSSR count). The van der Waals surface area contributed by atoms with Gasteiger partial charge in [0.25, 0.3) is 0 Å². The molecule has 3 heterocycles. The first-order valence-electron chi connectivity index (χ1n) is 26.9. The van der Waals surface area contributed by atoms with Gasteiger partial charge in [0.05, 0.1) is 5.69 Å². The average Bonchev–Trinajstić information content (AvgIpc) is 4.05. The number of hydrogen-bond donors (Lipinski definition) is 0. The molecule has 0 amide bonds. The van der Waals surface area contributed by atoms with E-state index in [1.54, 1.807) is 0 Å². The van der Waals surface area contributed by atoms with E-state index in [2.05, 4.69) is 313 Å². The third-order valence-corrected chi connectivity index (χ3v) is 15.1. The molecular weight excluding hydrogens is 1130 g/mol. The molecule has 2 aliphatic heterocycles. The van der Waals surface area contributed by atoms with E-state index in [1.165, 1.54) is 16.7 Å². The van der Waals surface area contributed by atoms with Gasteiger partial charge in [0.2, 0.25) is 0 Å². The maximum Gasteiger partial charge on any atom is 0.136 e. The Labute approximate surface area is 476 Å². The third-order valence-electron chi connectivity index (χ3n) is 15.1. The summed E-state index contributed by atoms with van der Waals surface area (Å²) in [5.41, 5.74) is 21.6. The molecule has 9 aromatic carbocycles. The molecule has 5 nitrogen and oxygen atoms in total. The quantitative estimate of drug-likeness (QED) is 0.141. The van der Waals surface area contributed by atoms with Crippen LogP contribution in [0.4, 0.5) is 57.0 Å². The minimum absolute atomic E-state index is 0. The van der Waals surface area contributed by atoms with Gasteiger partial charge in [-0.05, 0) is 110 Å². The SMILES string of the molecule is CC(C)(C)c1ccc(-c2ccnc(N3c4[c-]c(N(c5[c-]c(N6[CH-]N(c7cc(C(C)(C)C)cc(C(C)(C)C)c7)c7ccccc76)cc(-c6ccccc6)c5)c5ccccc5)ccc4-c4ccccc4-c4ccccc43)c2)cc1.[Pt]. The van der Waals surface area contributed by atoms with Crippen LogP contribution in [0.3, 0.4) is 0 Å². The van der Waals surface area contributed by atoms with Crippen LogP contribution < -0.4 is 19.6 Å². The second kappa shape index (κ2) is 20.4. The molecule has 0 saturated carbocycles. The van der Waals surface area contributed by atoms with Gasteiger partial charge in [-0.2, -0.15) is 6.07 Å². The van der Waals surface area contributed by atoms with Crippen LogP contribution >= 0.6 is 0 Å². The summed E-state index contributed by atoms with van der Waals surface area (Å²) in [6.07, 6.45) is 1.94. The number of hydrogen-bond acceptors (Lipinski definition) is 5. The van der Waals surface area contributed by atoms with Gasteiger partial charge in [0, 0.05) is 55.6 Å². The molecule has 0 N–H and O–H groups in total. The number of aromatic nitrogens is 1. The smallest absolute Gasteiger partial charge is 0.136 e. The zero-order valence-electron chi connectivity index (χ0n) is 45.9. The van der Waals surface area contributed by atoms with E-state index >= 15 is 0 Å². The van der Waals surface area contributed by atoms with Crippen LogP contribution in [0, 0.1) is 18.8 Å². The van der Waals surface area contributed by atoms with Crippen molar-refractivity contribution in [3.05, 3.63) is 254 Å². The number of pyridine rings is 1. The summed E-state index contributed by atoms with van der Waals surface area (Å²) in [5.74, 6) is 0.805. The van der Waals surface area contributed by atoms with Crippen LogP contribution in [0.15, 0.2) is 219 Å². The number of rotatable bonds is 8. The van der Waals surface area contributed by atoms with Crippen molar-refractivity contribution in [1.82, 2.24) is 4.98 Å². The van der Waals surface area contributed by atoms with Crippen molar-refractivity contribution in [3.8, 4) is 44.5 Å². The summed E-state index contributed by atoms with van der Waals surface area (Å²) in [6.45, 7) is 22.8. The molecule has 390 valence electrons. The molecule has 0 aliphatic carbocycles. The molecule has 0 atom stereocenters. The average molecular weight is 1190 g/mol. The largest absolute Gasteiger partial charge is 0.493 e. The summed E-state index contributed by atoms with van der Waals surface area (Å²) in [5, 5.41) is 0. The van der Waals surface area contributed by atoms with Crippen molar-refractivity contribution in [1.29, 1.82) is 0 Å². The van der Waals surface area contributed by atoms with Crippen molar-refractivity contribution >= 4 is 57.0 Å². The fourth-order valence-corrected chi connectivity index (χ4v) is 10.8. The van der Waals surface area contributed by atoms with E-state index in [4.69, 9.17) is 4.98 Å². The summed E-state index contributed by atoms with van der Waals surface area (Å²) in [4.78, 5) is 14.5. The number of anilines is 10. The maximum atomic E-state index is 5.19. The number of fused-ring (bicyclic) bond motifs is 6. The number of benzene rings is 9. The van der Waals surface area contributed by atoms with Crippen molar-refractivity contribution < 1.29 is 21.1 Å². The molecule has 78 heavy (non-hydrogen) atoms. The van der Waals surface area contributed by atoms with Gasteiger partial charge in [0.15, 0.2) is 0 Å². The Bertz CT molecular complexity index is 3780. The van der Waals surface area contributed by atoms with E-state index < -0.39 is 0 Å². The third kappa shape index (κ3) is 9.86. The Balaban J connectivity index is 0.00000645. The fourth-order valence-electron chi connectivity index (χ4n) is 10.8. The van der Waals surface area contributed by atoms with E-state index in [9.17, 15) is 0 Å². The molecule has 0 radical (unpaired) electrons. The van der Waals surface area contributed by atoms with Crippen molar-refractivity contribution in [2.45, 2.75) is 78.6 Å². The molecule has 0 unspecified atom stereocenters.